The number of nitrogens with zero attached hydrogens (tertiary/aromatic N) is 5. The maximum absolute atomic E-state index is 9.04. The lowest BCUT2D eigenvalue weighted by molar-refractivity contribution is -0.658. The van der Waals surface area contributed by atoms with E-state index in [9.17, 15) is 0 Å². The monoisotopic (exact) mass is 824 g/mol. The molecule has 2 aliphatic rings. The molecule has 0 spiro atoms. The van der Waals surface area contributed by atoms with Gasteiger partial charge in [-0.05, 0) is 99.6 Å². The molecular formula is C54H48BN5OSi. The molecule has 0 aliphatic carbocycles. The van der Waals surface area contributed by atoms with Gasteiger partial charge >= 0.3 is 6.85 Å². The van der Waals surface area contributed by atoms with Gasteiger partial charge in [-0.1, -0.05) is 142 Å². The third kappa shape index (κ3) is 5.92. The van der Waals surface area contributed by atoms with Crippen LogP contribution >= 0.6 is 0 Å². The Morgan fingerprint density at radius 1 is 0.726 bits per heavy atom. The number of pyridine rings is 1. The van der Waals surface area contributed by atoms with Gasteiger partial charge in [-0.2, -0.15) is 0 Å². The lowest BCUT2D eigenvalue weighted by Crippen LogP contribution is -2.67. The quantitative estimate of drug-likeness (QED) is 0.0953. The van der Waals surface area contributed by atoms with Gasteiger partial charge < -0.3 is 18.7 Å². The van der Waals surface area contributed by atoms with Crippen LogP contribution in [0.15, 0.2) is 164 Å². The number of aryl methyl sites for hydroxylation is 1. The normalized spacial score (nSPS) is 15.1. The van der Waals surface area contributed by atoms with Gasteiger partial charge in [-0.25, -0.2) is 4.98 Å². The summed E-state index contributed by atoms with van der Waals surface area (Å²) in [6.07, 6.45) is 7.60. The summed E-state index contributed by atoms with van der Waals surface area (Å²) in [6, 6.07) is 52.5. The van der Waals surface area contributed by atoms with E-state index in [1.165, 1.54) is 15.3 Å². The lowest BCUT2D eigenvalue weighted by atomic mass is 9.47. The maximum Gasteiger partial charge on any atom is 0.307 e. The van der Waals surface area contributed by atoms with Gasteiger partial charge in [0.25, 0.3) is 0 Å². The van der Waals surface area contributed by atoms with Crippen molar-refractivity contribution in [2.45, 2.75) is 39.3 Å². The van der Waals surface area contributed by atoms with Crippen LogP contribution in [0.3, 0.4) is 0 Å². The molecule has 62 heavy (non-hydrogen) atoms. The van der Waals surface area contributed by atoms with Crippen molar-refractivity contribution in [2.75, 3.05) is 7.05 Å². The minimum atomic E-state index is -2.52. The third-order valence-corrected chi connectivity index (χ3v) is 16.5. The molecule has 0 atom stereocenters. The summed E-state index contributed by atoms with van der Waals surface area (Å²) < 4.78 is 39.6. The molecule has 11 rings (SSSR count). The number of hydrogen-bond acceptors (Lipinski definition) is 3. The molecule has 0 saturated heterocycles. The molecule has 3 aromatic heterocycles. The van der Waals surface area contributed by atoms with E-state index in [0.29, 0.717) is 17.1 Å². The third-order valence-electron chi connectivity index (χ3n) is 13.0. The Labute approximate surface area is 369 Å². The molecule has 0 amide bonds. The van der Waals surface area contributed by atoms with E-state index in [1.54, 1.807) is 0 Å². The van der Waals surface area contributed by atoms with Crippen LogP contribution in [-0.2, 0) is 12.4 Å². The summed E-state index contributed by atoms with van der Waals surface area (Å²) in [6.45, 7) is 8.39. The summed E-state index contributed by atoms with van der Waals surface area (Å²) in [5.41, 5.74) is 11.0. The van der Waals surface area contributed by atoms with E-state index in [4.69, 9.17) is 13.8 Å². The molecule has 0 fully saturated rings. The summed E-state index contributed by atoms with van der Waals surface area (Å²) >= 11 is 0. The molecular weight excluding hydrogens is 774 g/mol. The maximum atomic E-state index is 9.04. The van der Waals surface area contributed by atoms with Crippen LogP contribution < -0.4 is 25.5 Å². The van der Waals surface area contributed by atoms with Gasteiger partial charge in [0.2, 0.25) is 6.33 Å². The Morgan fingerprint density at radius 3 is 2.10 bits per heavy atom. The Bertz CT molecular complexity index is 3330. The number of benzene rings is 6. The molecule has 6 nitrogen and oxygen atoms in total. The van der Waals surface area contributed by atoms with Gasteiger partial charge in [0.1, 0.15) is 25.4 Å². The number of imidazole rings is 1. The minimum absolute atomic E-state index is 0.0428. The fourth-order valence-electron chi connectivity index (χ4n) is 9.87. The van der Waals surface area contributed by atoms with Gasteiger partial charge in [0.15, 0.2) is 0 Å². The zero-order chi connectivity index (χ0) is 45.0. The first-order valence-corrected chi connectivity index (χ1v) is 24.3. The molecule has 0 radical (unpaired) electrons. The number of aromatic nitrogens is 4. The van der Waals surface area contributed by atoms with Crippen LogP contribution in [0.4, 0.5) is 0 Å². The zero-order valence-corrected chi connectivity index (χ0v) is 36.8. The minimum Gasteiger partial charge on any atom is -0.458 e. The number of ether oxygens (including phenoxy) is 1. The molecule has 0 N–H and O–H groups in total. The lowest BCUT2D eigenvalue weighted by Gasteiger charge is -2.42. The largest absolute Gasteiger partial charge is 0.458 e. The van der Waals surface area contributed by atoms with E-state index in [2.05, 4.69) is 190 Å². The smallest absolute Gasteiger partial charge is 0.307 e. The molecule has 8 heteroatoms. The average Bonchev–Trinajstić information content (AvgIpc) is 3.86. The molecule has 5 heterocycles. The van der Waals surface area contributed by atoms with Crippen LogP contribution in [-0.4, -0.2) is 40.9 Å². The summed E-state index contributed by atoms with van der Waals surface area (Å²) in [5, 5.41) is 4.59. The van der Waals surface area contributed by atoms with Gasteiger partial charge in [0, 0.05) is 34.3 Å². The molecule has 0 unspecified atom stereocenters. The zero-order valence-electron chi connectivity index (χ0n) is 38.8. The number of para-hydroxylation sites is 1. The van der Waals surface area contributed by atoms with Gasteiger partial charge in [0.05, 0.1) is 27.8 Å². The van der Waals surface area contributed by atoms with E-state index in [1.807, 2.05) is 35.0 Å². The van der Waals surface area contributed by atoms with E-state index in [0.717, 1.165) is 71.9 Å². The van der Waals surface area contributed by atoms with Crippen molar-refractivity contribution in [1.82, 2.24) is 18.9 Å². The number of hydrogen-bond donors (Lipinski definition) is 0. The Kier molecular flexibility index (Phi) is 7.90. The molecule has 302 valence electrons. The predicted molar refractivity (Wildman–Crippen MR) is 258 cm³/mol. The van der Waals surface area contributed by atoms with Crippen LogP contribution in [0.1, 0.15) is 36.1 Å². The van der Waals surface area contributed by atoms with Gasteiger partial charge in [-0.15, -0.1) is 0 Å². The highest BCUT2D eigenvalue weighted by atomic mass is 28.3. The van der Waals surface area contributed by atoms with Crippen molar-refractivity contribution < 1.29 is 13.4 Å². The van der Waals surface area contributed by atoms with E-state index in [-0.39, 0.29) is 5.41 Å². The van der Waals surface area contributed by atoms with Crippen molar-refractivity contribution in [3.63, 3.8) is 0 Å². The standard InChI is InChI=1S/C54H48BN5OSi/c1-54(2,3)38-29-30-56-50(31-38)60-45-24-15-14-21-43(45)44-27-25-39(32-46(44)60)61-40-26-28-48-47(33-40)59-35-57(4)53-52(59)49(62(48,6)7)34-58(5)55(53)51-41(36-17-10-8-11-18-36)22-16-23-42(51)37-19-12-9-13-20-37/h8-34H,1-7H3/i4D3. The van der Waals surface area contributed by atoms with Crippen molar-refractivity contribution in [3.8, 4) is 45.3 Å². The van der Waals surface area contributed by atoms with Crippen LogP contribution in [0, 0.1) is 6.33 Å². The predicted octanol–water partition coefficient (Wildman–Crippen LogP) is 9.88. The van der Waals surface area contributed by atoms with Crippen LogP contribution in [0.2, 0.25) is 13.1 Å². The highest BCUT2D eigenvalue weighted by Crippen LogP contribution is 2.39. The number of rotatable bonds is 6. The molecule has 0 saturated carbocycles. The van der Waals surface area contributed by atoms with Crippen LogP contribution in [0.25, 0.3) is 60.8 Å². The SMILES string of the molecule is [2H]C([2H])([2H])[n+]1[c-]n2c3c1B(c1c(-c4ccccc4)cccc1-c1ccccc1)N(C)C=C3[Si](C)(C)c1ccc(Oc3ccc4c5ccccc5n(-c5cc(C(C)(C)C)ccn5)c4c3)cc1-2. The van der Waals surface area contributed by atoms with Crippen molar-refractivity contribution in [2.24, 2.45) is 6.98 Å². The van der Waals surface area contributed by atoms with Crippen molar-refractivity contribution in [3.05, 3.63) is 182 Å². The Balaban J connectivity index is 1.08. The first kappa shape index (κ1) is 34.8. The highest BCUT2D eigenvalue weighted by Gasteiger charge is 2.46. The van der Waals surface area contributed by atoms with Crippen molar-refractivity contribution >= 4 is 58.2 Å². The molecule has 0 bridgehead atoms. The fraction of sp³-hybridized carbons (Fsp3) is 0.148. The second-order valence-electron chi connectivity index (χ2n) is 18.2. The second-order valence-corrected chi connectivity index (χ2v) is 22.5. The fourth-order valence-corrected chi connectivity index (χ4v) is 12.8. The average molecular weight is 825 g/mol. The Morgan fingerprint density at radius 2 is 1.39 bits per heavy atom. The summed E-state index contributed by atoms with van der Waals surface area (Å²) in [4.78, 5) is 7.11. The Hall–Kier alpha value is -6.90. The topological polar surface area (TPSA) is 39.1 Å². The second kappa shape index (κ2) is 14.1. The summed E-state index contributed by atoms with van der Waals surface area (Å²) in [5.74, 6) is 2.19. The first-order valence-electron chi connectivity index (χ1n) is 22.8. The summed E-state index contributed by atoms with van der Waals surface area (Å²) in [7, 11) is -0.377. The first-order chi connectivity index (χ1) is 31.2. The van der Waals surface area contributed by atoms with Crippen LogP contribution in [0.5, 0.6) is 11.5 Å². The highest BCUT2D eigenvalue weighted by molar-refractivity contribution is 7.06. The number of fused-ring (bicyclic) bond motifs is 5. The van der Waals surface area contributed by atoms with Gasteiger partial charge in [-0.3, -0.25) is 4.57 Å². The molecule has 2 aliphatic heterocycles. The molecule has 9 aromatic rings. The van der Waals surface area contributed by atoms with E-state index < -0.39 is 21.9 Å². The molecule has 6 aromatic carbocycles. The van der Waals surface area contributed by atoms with E-state index >= 15 is 0 Å². The van der Waals surface area contributed by atoms with Crippen molar-refractivity contribution in [1.29, 1.82) is 0 Å².